The lowest BCUT2D eigenvalue weighted by molar-refractivity contribution is 0.400. The monoisotopic (exact) mass is 239 g/mol. The van der Waals surface area contributed by atoms with Crippen LogP contribution in [-0.2, 0) is 0 Å². The van der Waals surface area contributed by atoms with Crippen LogP contribution in [0.15, 0.2) is 24.1 Å². The van der Waals surface area contributed by atoms with Crippen LogP contribution in [0.4, 0.5) is 0 Å². The molecule has 0 aliphatic carbocycles. The lowest BCUT2D eigenvalue weighted by atomic mass is 10.1. The Bertz CT molecular complexity index is 309. The summed E-state index contributed by atoms with van der Waals surface area (Å²) < 4.78 is 5.37. The van der Waals surface area contributed by atoms with Crippen molar-refractivity contribution in [3.63, 3.8) is 0 Å². The number of nitrogens with one attached hydrogen (secondary N) is 1. The number of ether oxygens (including phenoxy) is 1. The molecule has 0 bridgehead atoms. The Morgan fingerprint density at radius 3 is 3.06 bits per heavy atom. The molecule has 1 aromatic rings. The summed E-state index contributed by atoms with van der Waals surface area (Å²) in [4.78, 5) is 1.30. The third-order valence-corrected chi connectivity index (χ3v) is 3.51. The average molecular weight is 239 g/mol. The number of methoxy groups -OCH3 is 1. The Hall–Kier alpha value is -0.800. The molecule has 1 heterocycles. The van der Waals surface area contributed by atoms with Crippen molar-refractivity contribution in [3.05, 3.63) is 29.0 Å². The van der Waals surface area contributed by atoms with Gasteiger partial charge in [-0.05, 0) is 37.3 Å². The van der Waals surface area contributed by atoms with Gasteiger partial charge in [0.25, 0.3) is 0 Å². The molecule has 0 radical (unpaired) electrons. The fourth-order valence-electron chi connectivity index (χ4n) is 1.66. The first-order valence-corrected chi connectivity index (χ1v) is 6.67. The van der Waals surface area contributed by atoms with Gasteiger partial charge in [0.15, 0.2) is 0 Å². The molecule has 0 aliphatic heterocycles. The Kier molecular flexibility index (Phi) is 6.19. The van der Waals surface area contributed by atoms with Gasteiger partial charge < -0.3 is 10.1 Å². The summed E-state index contributed by atoms with van der Waals surface area (Å²) in [5.41, 5.74) is 0. The molecule has 2 nitrogen and oxygen atoms in total. The summed E-state index contributed by atoms with van der Waals surface area (Å²) >= 11 is 1.76. The largest absolute Gasteiger partial charge is 0.496 e. The van der Waals surface area contributed by atoms with E-state index in [0.29, 0.717) is 6.04 Å². The standard InChI is InChI=1S/C13H21NOS/c1-4-6-7-11(14-9-5-2)13-12(15-3)8-10-16-13/h4,8,10-11,14H,1,5-7,9H2,2-3H3. The number of allylic oxidation sites excluding steroid dienone is 1. The van der Waals surface area contributed by atoms with E-state index in [-0.39, 0.29) is 0 Å². The van der Waals surface area contributed by atoms with Gasteiger partial charge >= 0.3 is 0 Å². The van der Waals surface area contributed by atoms with Gasteiger partial charge in [0.05, 0.1) is 12.0 Å². The van der Waals surface area contributed by atoms with E-state index >= 15 is 0 Å². The SMILES string of the molecule is C=CCCC(NCCC)c1sccc1OC. The summed E-state index contributed by atoms with van der Waals surface area (Å²) in [6.45, 7) is 7.01. The predicted molar refractivity (Wildman–Crippen MR) is 71.3 cm³/mol. The minimum Gasteiger partial charge on any atom is -0.496 e. The lowest BCUT2D eigenvalue weighted by Crippen LogP contribution is -2.21. The van der Waals surface area contributed by atoms with Crippen molar-refractivity contribution in [2.45, 2.75) is 32.2 Å². The molecule has 0 saturated carbocycles. The van der Waals surface area contributed by atoms with Crippen LogP contribution < -0.4 is 10.1 Å². The molecule has 0 spiro atoms. The number of hydrogen-bond donors (Lipinski definition) is 1. The molecular formula is C13H21NOS. The number of rotatable bonds is 8. The van der Waals surface area contributed by atoms with Crippen LogP contribution in [-0.4, -0.2) is 13.7 Å². The zero-order valence-corrected chi connectivity index (χ0v) is 11.0. The summed E-state index contributed by atoms with van der Waals surface area (Å²) in [5.74, 6) is 1.00. The van der Waals surface area contributed by atoms with E-state index in [9.17, 15) is 0 Å². The Labute approximate surface area is 102 Å². The molecule has 1 unspecified atom stereocenters. The minimum atomic E-state index is 0.396. The molecule has 90 valence electrons. The van der Waals surface area contributed by atoms with Crippen LogP contribution >= 0.6 is 11.3 Å². The third-order valence-electron chi connectivity index (χ3n) is 2.49. The molecule has 1 N–H and O–H groups in total. The average Bonchev–Trinajstić information content (AvgIpc) is 2.77. The molecule has 0 aliphatic rings. The van der Waals surface area contributed by atoms with Gasteiger partial charge in [0, 0.05) is 6.04 Å². The summed E-state index contributed by atoms with van der Waals surface area (Å²) in [6, 6.07) is 2.43. The highest BCUT2D eigenvalue weighted by molar-refractivity contribution is 7.10. The maximum atomic E-state index is 5.37. The van der Waals surface area contributed by atoms with E-state index in [1.807, 2.05) is 12.1 Å². The molecule has 1 rings (SSSR count). The highest BCUT2D eigenvalue weighted by Crippen LogP contribution is 2.33. The first kappa shape index (κ1) is 13.3. The number of hydrogen-bond acceptors (Lipinski definition) is 3. The van der Waals surface area contributed by atoms with Crippen LogP contribution in [0.2, 0.25) is 0 Å². The first-order chi connectivity index (χ1) is 7.83. The zero-order valence-electron chi connectivity index (χ0n) is 10.2. The van der Waals surface area contributed by atoms with E-state index in [1.165, 1.54) is 4.88 Å². The molecule has 3 heteroatoms. The Balaban J connectivity index is 2.69. The van der Waals surface area contributed by atoms with Crippen LogP contribution in [0, 0.1) is 0 Å². The van der Waals surface area contributed by atoms with Gasteiger partial charge in [-0.3, -0.25) is 0 Å². The second kappa shape index (κ2) is 7.47. The van der Waals surface area contributed by atoms with Crippen LogP contribution in [0.5, 0.6) is 5.75 Å². The third kappa shape index (κ3) is 3.65. The molecule has 0 fully saturated rings. The van der Waals surface area contributed by atoms with Gasteiger partial charge in [-0.2, -0.15) is 0 Å². The van der Waals surface area contributed by atoms with Crippen molar-refractivity contribution in [3.8, 4) is 5.75 Å². The van der Waals surface area contributed by atoms with E-state index < -0.39 is 0 Å². The second-order valence-electron chi connectivity index (χ2n) is 3.73. The normalized spacial score (nSPS) is 12.4. The Morgan fingerprint density at radius 1 is 1.62 bits per heavy atom. The van der Waals surface area contributed by atoms with Gasteiger partial charge in [-0.25, -0.2) is 0 Å². The topological polar surface area (TPSA) is 21.3 Å². The van der Waals surface area contributed by atoms with Gasteiger partial charge in [-0.15, -0.1) is 17.9 Å². The van der Waals surface area contributed by atoms with E-state index in [4.69, 9.17) is 4.74 Å². The molecule has 1 aromatic heterocycles. The highest BCUT2D eigenvalue weighted by atomic mass is 32.1. The second-order valence-corrected chi connectivity index (χ2v) is 4.67. The molecule has 0 saturated heterocycles. The van der Waals surface area contributed by atoms with Gasteiger partial charge in [-0.1, -0.05) is 13.0 Å². The maximum absolute atomic E-state index is 5.37. The Morgan fingerprint density at radius 2 is 2.44 bits per heavy atom. The predicted octanol–water partition coefficient (Wildman–Crippen LogP) is 3.76. The smallest absolute Gasteiger partial charge is 0.134 e. The maximum Gasteiger partial charge on any atom is 0.134 e. The van der Waals surface area contributed by atoms with Gasteiger partial charge in [0.2, 0.25) is 0 Å². The molecule has 1 atom stereocenters. The van der Waals surface area contributed by atoms with E-state index in [0.717, 1.165) is 31.6 Å². The van der Waals surface area contributed by atoms with Crippen molar-refractivity contribution in [2.24, 2.45) is 0 Å². The van der Waals surface area contributed by atoms with Gasteiger partial charge in [0.1, 0.15) is 5.75 Å². The quantitative estimate of drug-likeness (QED) is 0.697. The van der Waals surface area contributed by atoms with Crippen LogP contribution in [0.1, 0.15) is 37.1 Å². The molecule has 0 aromatic carbocycles. The van der Waals surface area contributed by atoms with Crippen molar-refractivity contribution in [1.82, 2.24) is 5.32 Å². The minimum absolute atomic E-state index is 0.396. The highest BCUT2D eigenvalue weighted by Gasteiger charge is 2.15. The van der Waals surface area contributed by atoms with Crippen molar-refractivity contribution < 1.29 is 4.74 Å². The van der Waals surface area contributed by atoms with Crippen molar-refractivity contribution in [2.75, 3.05) is 13.7 Å². The fourth-order valence-corrected chi connectivity index (χ4v) is 2.63. The fraction of sp³-hybridized carbons (Fsp3) is 0.538. The first-order valence-electron chi connectivity index (χ1n) is 5.79. The summed E-state index contributed by atoms with van der Waals surface area (Å²) in [5, 5.41) is 5.65. The van der Waals surface area contributed by atoms with Crippen LogP contribution in [0.25, 0.3) is 0 Å². The summed E-state index contributed by atoms with van der Waals surface area (Å²) in [6.07, 6.45) is 5.24. The lowest BCUT2D eigenvalue weighted by Gasteiger charge is -2.17. The summed E-state index contributed by atoms with van der Waals surface area (Å²) in [7, 11) is 1.73. The van der Waals surface area contributed by atoms with Crippen molar-refractivity contribution >= 4 is 11.3 Å². The number of thiophene rings is 1. The van der Waals surface area contributed by atoms with E-state index in [1.54, 1.807) is 18.4 Å². The van der Waals surface area contributed by atoms with E-state index in [2.05, 4.69) is 24.2 Å². The molecule has 16 heavy (non-hydrogen) atoms. The van der Waals surface area contributed by atoms with Crippen molar-refractivity contribution in [1.29, 1.82) is 0 Å². The van der Waals surface area contributed by atoms with Crippen LogP contribution in [0.3, 0.4) is 0 Å². The zero-order chi connectivity index (χ0) is 11.8. The molecule has 0 amide bonds. The molecular weight excluding hydrogens is 218 g/mol.